The van der Waals surface area contributed by atoms with Gasteiger partial charge in [-0.15, -0.1) is 11.8 Å². The molecule has 0 aliphatic carbocycles. The van der Waals surface area contributed by atoms with E-state index in [0.717, 1.165) is 0 Å². The maximum Gasteiger partial charge on any atom is 0.356 e. The number of rotatable bonds is 3. The molecular formula is C14H17ClN2O5S. The molecular weight excluding hydrogens is 344 g/mol. The molecule has 0 aromatic carbocycles. The third-order valence-electron chi connectivity index (χ3n) is 3.16. The molecule has 0 aromatic heterocycles. The van der Waals surface area contributed by atoms with Crippen molar-refractivity contribution in [3.05, 3.63) is 11.3 Å². The second-order valence-corrected chi connectivity index (χ2v) is 7.64. The molecule has 7 nitrogen and oxygen atoms in total. The zero-order chi connectivity index (χ0) is 17.5. The van der Waals surface area contributed by atoms with Crippen molar-refractivity contribution in [1.29, 1.82) is 0 Å². The summed E-state index contributed by atoms with van der Waals surface area (Å²) in [5, 5.41) is 1.29. The maximum atomic E-state index is 12.4. The topological polar surface area (TPSA) is 92.8 Å². The van der Waals surface area contributed by atoms with E-state index in [4.69, 9.17) is 16.3 Å². The van der Waals surface area contributed by atoms with Crippen LogP contribution in [0.5, 0.6) is 0 Å². The van der Waals surface area contributed by atoms with Crippen LogP contribution in [0.25, 0.3) is 0 Å². The minimum absolute atomic E-state index is 0.0387. The first-order valence-electron chi connectivity index (χ1n) is 6.91. The van der Waals surface area contributed by atoms with Crippen molar-refractivity contribution in [2.45, 2.75) is 44.7 Å². The Kier molecular flexibility index (Phi) is 4.77. The molecule has 2 heterocycles. The number of carbonyl (C=O) groups excluding carboxylic acids is 4. The van der Waals surface area contributed by atoms with Gasteiger partial charge < -0.3 is 10.1 Å². The van der Waals surface area contributed by atoms with E-state index >= 15 is 0 Å². The van der Waals surface area contributed by atoms with Crippen LogP contribution in [-0.4, -0.2) is 50.7 Å². The number of fused-ring (bicyclic) bond motifs is 1. The molecule has 2 aliphatic heterocycles. The number of halogens is 1. The molecule has 2 rings (SSSR count). The average molecular weight is 361 g/mol. The van der Waals surface area contributed by atoms with Crippen LogP contribution in [0.2, 0.25) is 0 Å². The summed E-state index contributed by atoms with van der Waals surface area (Å²) in [6, 6.07) is -0.720. The summed E-state index contributed by atoms with van der Waals surface area (Å²) in [6.07, 6.45) is 0. The normalized spacial score (nSPS) is 23.9. The minimum atomic E-state index is -0.799. The maximum absolute atomic E-state index is 12.4. The van der Waals surface area contributed by atoms with Crippen molar-refractivity contribution in [3.63, 3.8) is 0 Å². The third-order valence-corrected chi connectivity index (χ3v) is 4.66. The molecule has 1 unspecified atom stereocenters. The summed E-state index contributed by atoms with van der Waals surface area (Å²) in [5.41, 5.74) is -0.873. The van der Waals surface area contributed by atoms with Crippen molar-refractivity contribution in [2.24, 2.45) is 0 Å². The Bertz CT molecular complexity index is 625. The van der Waals surface area contributed by atoms with Crippen molar-refractivity contribution < 1.29 is 23.9 Å². The Hall–Kier alpha value is -1.54. The van der Waals surface area contributed by atoms with Gasteiger partial charge in [0.05, 0.1) is 5.57 Å². The number of nitrogens with one attached hydrogen (secondary N) is 1. The quantitative estimate of drug-likeness (QED) is 0.454. The number of ether oxygens (including phenoxy) is 1. The summed E-state index contributed by atoms with van der Waals surface area (Å²) in [5.74, 6) is -1.41. The van der Waals surface area contributed by atoms with Gasteiger partial charge in [0.15, 0.2) is 0 Å². The summed E-state index contributed by atoms with van der Waals surface area (Å²) in [7, 11) is 0. The minimum Gasteiger partial charge on any atom is -0.455 e. The monoisotopic (exact) mass is 360 g/mol. The van der Waals surface area contributed by atoms with Crippen molar-refractivity contribution in [2.75, 3.05) is 5.75 Å². The van der Waals surface area contributed by atoms with Crippen molar-refractivity contribution >= 4 is 46.4 Å². The second kappa shape index (κ2) is 6.16. The van der Waals surface area contributed by atoms with Gasteiger partial charge in [0.2, 0.25) is 5.91 Å². The van der Waals surface area contributed by atoms with E-state index in [1.807, 2.05) is 0 Å². The van der Waals surface area contributed by atoms with Crippen LogP contribution in [0.15, 0.2) is 11.3 Å². The summed E-state index contributed by atoms with van der Waals surface area (Å²) < 4.78 is 5.28. The standard InChI is InChI=1S/C14H17ClN2O5S/c1-6(18)16-8-11(20)17-9(13(21)22-14(2,3)4)7(10(15)19)5-23-12(8)17/h8,12H,5H2,1-4H3,(H,16,18)/t8?,12-/m0/s1. The van der Waals surface area contributed by atoms with Crippen LogP contribution in [0.3, 0.4) is 0 Å². The number of nitrogens with zero attached hydrogens (tertiary/aromatic N) is 1. The predicted molar refractivity (Wildman–Crippen MR) is 84.4 cm³/mol. The zero-order valence-electron chi connectivity index (χ0n) is 13.1. The molecule has 0 aromatic rings. The Morgan fingerprint density at radius 2 is 1.96 bits per heavy atom. The van der Waals surface area contributed by atoms with Gasteiger partial charge in [0.1, 0.15) is 22.7 Å². The fraction of sp³-hybridized carbons (Fsp3) is 0.571. The molecule has 0 saturated carbocycles. The molecule has 23 heavy (non-hydrogen) atoms. The number of esters is 1. The fourth-order valence-corrected chi connectivity index (χ4v) is 3.88. The predicted octanol–water partition coefficient (Wildman–Crippen LogP) is 0.767. The molecule has 2 amide bonds. The van der Waals surface area contributed by atoms with Gasteiger partial charge in [-0.1, -0.05) is 0 Å². The smallest absolute Gasteiger partial charge is 0.356 e. The number of thioether (sulfide) groups is 1. The van der Waals surface area contributed by atoms with Crippen molar-refractivity contribution in [1.82, 2.24) is 10.2 Å². The number of carbonyl (C=O) groups is 4. The first-order chi connectivity index (χ1) is 10.5. The highest BCUT2D eigenvalue weighted by atomic mass is 35.5. The van der Waals surface area contributed by atoms with Crippen LogP contribution in [0, 0.1) is 0 Å². The van der Waals surface area contributed by atoms with Gasteiger partial charge in [-0.3, -0.25) is 19.3 Å². The van der Waals surface area contributed by atoms with Gasteiger partial charge in [-0.25, -0.2) is 4.79 Å². The lowest BCUT2D eigenvalue weighted by Crippen LogP contribution is -2.70. The summed E-state index contributed by atoms with van der Waals surface area (Å²) in [6.45, 7) is 6.35. The third kappa shape index (κ3) is 3.53. The largest absolute Gasteiger partial charge is 0.455 e. The fourth-order valence-electron chi connectivity index (χ4n) is 2.30. The second-order valence-electron chi connectivity index (χ2n) is 6.19. The average Bonchev–Trinajstić information content (AvgIpc) is 2.40. The highest BCUT2D eigenvalue weighted by Crippen LogP contribution is 2.41. The van der Waals surface area contributed by atoms with E-state index < -0.39 is 34.1 Å². The van der Waals surface area contributed by atoms with Gasteiger partial charge in [0, 0.05) is 12.7 Å². The Labute approximate surface area is 142 Å². The lowest BCUT2D eigenvalue weighted by Gasteiger charge is -2.49. The lowest BCUT2D eigenvalue weighted by molar-refractivity contribution is -0.159. The van der Waals surface area contributed by atoms with Gasteiger partial charge >= 0.3 is 5.97 Å². The summed E-state index contributed by atoms with van der Waals surface area (Å²) in [4.78, 5) is 48.6. The van der Waals surface area contributed by atoms with Crippen LogP contribution in [0.4, 0.5) is 0 Å². The number of hydrogen-bond donors (Lipinski definition) is 1. The zero-order valence-corrected chi connectivity index (χ0v) is 14.7. The molecule has 0 radical (unpaired) electrons. The Balaban J connectivity index is 2.34. The molecule has 0 bridgehead atoms. The number of amides is 2. The number of hydrogen-bond acceptors (Lipinski definition) is 6. The van der Waals surface area contributed by atoms with Crippen LogP contribution in [0.1, 0.15) is 27.7 Å². The summed E-state index contributed by atoms with van der Waals surface area (Å²) >= 11 is 6.81. The van der Waals surface area contributed by atoms with Crippen LogP contribution < -0.4 is 5.32 Å². The molecule has 9 heteroatoms. The Morgan fingerprint density at radius 1 is 1.35 bits per heavy atom. The number of β-lactam (4-membered cyclic amide) rings is 1. The van der Waals surface area contributed by atoms with E-state index in [9.17, 15) is 19.2 Å². The first-order valence-corrected chi connectivity index (χ1v) is 8.33. The van der Waals surface area contributed by atoms with Gasteiger partial charge in [0.25, 0.3) is 11.1 Å². The van der Waals surface area contributed by atoms with Crippen LogP contribution >= 0.6 is 23.4 Å². The first kappa shape index (κ1) is 17.8. The van der Waals surface area contributed by atoms with E-state index in [0.29, 0.717) is 0 Å². The highest BCUT2D eigenvalue weighted by molar-refractivity contribution is 8.00. The van der Waals surface area contributed by atoms with Crippen molar-refractivity contribution in [3.8, 4) is 0 Å². The SMILES string of the molecule is CC(=O)NC1C(=O)N2C(C(=O)OC(C)(C)C)=C(C(=O)Cl)CS[C@@H]12. The highest BCUT2D eigenvalue weighted by Gasteiger charge is 2.55. The van der Waals surface area contributed by atoms with E-state index in [1.54, 1.807) is 20.8 Å². The molecule has 2 atom stereocenters. The van der Waals surface area contributed by atoms with Crippen LogP contribution in [-0.2, 0) is 23.9 Å². The molecule has 1 saturated heterocycles. The Morgan fingerprint density at radius 3 is 2.43 bits per heavy atom. The molecule has 2 aliphatic rings. The van der Waals surface area contributed by atoms with Gasteiger partial charge in [-0.05, 0) is 32.4 Å². The van der Waals surface area contributed by atoms with E-state index in [2.05, 4.69) is 5.32 Å². The van der Waals surface area contributed by atoms with E-state index in [1.165, 1.54) is 23.6 Å². The molecule has 0 spiro atoms. The van der Waals surface area contributed by atoms with E-state index in [-0.39, 0.29) is 22.9 Å². The lowest BCUT2D eigenvalue weighted by atomic mass is 10.0. The molecule has 1 N–H and O–H groups in total. The van der Waals surface area contributed by atoms with Gasteiger partial charge in [-0.2, -0.15) is 0 Å². The molecule has 126 valence electrons. The molecule has 1 fully saturated rings.